The molecule has 0 aliphatic carbocycles. The number of para-hydroxylation sites is 1. The smallest absolute Gasteiger partial charge is 0.318 e. The van der Waals surface area contributed by atoms with Crippen LogP contribution in [0.2, 0.25) is 0 Å². The van der Waals surface area contributed by atoms with Crippen LogP contribution in [0, 0.1) is 12.8 Å². The van der Waals surface area contributed by atoms with Crippen molar-refractivity contribution >= 4 is 11.7 Å². The van der Waals surface area contributed by atoms with E-state index in [4.69, 9.17) is 0 Å². The number of carbonyl (C=O) groups is 1. The highest BCUT2D eigenvalue weighted by atomic mass is 16.2. The lowest BCUT2D eigenvalue weighted by atomic mass is 9.99. The molecule has 1 aromatic heterocycles. The number of hydrogen-bond donors (Lipinski definition) is 1. The fraction of sp³-hybridized carbons (Fsp3) is 0.261. The van der Waals surface area contributed by atoms with Crippen LogP contribution in [0.3, 0.4) is 0 Å². The zero-order valence-corrected chi connectivity index (χ0v) is 16.0. The molecule has 0 bridgehead atoms. The van der Waals surface area contributed by atoms with E-state index in [1.54, 1.807) is 0 Å². The summed E-state index contributed by atoms with van der Waals surface area (Å²) in [6, 6.07) is 20.4. The summed E-state index contributed by atoms with van der Waals surface area (Å²) < 4.78 is 2.22. The third-order valence-corrected chi connectivity index (χ3v) is 5.17. The molecule has 27 heavy (non-hydrogen) atoms. The minimum absolute atomic E-state index is 0.00258. The molecule has 3 aromatic rings. The summed E-state index contributed by atoms with van der Waals surface area (Å²) in [6.45, 7) is 6.95. The molecule has 4 nitrogen and oxygen atoms in total. The first-order valence-corrected chi connectivity index (χ1v) is 9.44. The molecule has 0 spiro atoms. The van der Waals surface area contributed by atoms with Gasteiger partial charge in [0.2, 0.25) is 0 Å². The number of amides is 2. The number of carbonyl (C=O) groups excluding carboxylic acids is 1. The number of nitrogens with zero attached hydrogens (tertiary/aromatic N) is 2. The Balaban J connectivity index is 1.76. The van der Waals surface area contributed by atoms with E-state index >= 15 is 0 Å². The summed E-state index contributed by atoms with van der Waals surface area (Å²) >= 11 is 0. The van der Waals surface area contributed by atoms with Crippen LogP contribution in [0.5, 0.6) is 0 Å². The highest BCUT2D eigenvalue weighted by Gasteiger charge is 2.33. The van der Waals surface area contributed by atoms with Gasteiger partial charge >= 0.3 is 6.03 Å². The maximum Gasteiger partial charge on any atom is 0.322 e. The summed E-state index contributed by atoms with van der Waals surface area (Å²) in [5.74, 6) is 0.288. The summed E-state index contributed by atoms with van der Waals surface area (Å²) in [5.41, 5.74) is 5.40. The first-order valence-electron chi connectivity index (χ1n) is 9.44. The highest BCUT2D eigenvalue weighted by Crippen LogP contribution is 2.36. The Morgan fingerprint density at radius 2 is 1.89 bits per heavy atom. The number of anilines is 1. The molecule has 2 amide bonds. The van der Waals surface area contributed by atoms with E-state index in [1.807, 2.05) is 42.2 Å². The molecule has 2 heterocycles. The molecule has 0 saturated carbocycles. The van der Waals surface area contributed by atoms with Crippen molar-refractivity contribution in [1.29, 1.82) is 0 Å². The second-order valence-corrected chi connectivity index (χ2v) is 7.55. The molecule has 4 rings (SSSR count). The number of hydrogen-bond acceptors (Lipinski definition) is 1. The lowest BCUT2D eigenvalue weighted by Gasteiger charge is -2.33. The molecule has 1 unspecified atom stereocenters. The molecule has 4 heteroatoms. The average Bonchev–Trinajstić information content (AvgIpc) is 3.05. The Hall–Kier alpha value is -3.01. The number of rotatable bonds is 2. The van der Waals surface area contributed by atoms with E-state index in [-0.39, 0.29) is 18.0 Å². The van der Waals surface area contributed by atoms with Gasteiger partial charge < -0.3 is 14.8 Å². The minimum Gasteiger partial charge on any atom is -0.318 e. The van der Waals surface area contributed by atoms with Crippen LogP contribution in [-0.2, 0) is 6.54 Å². The van der Waals surface area contributed by atoms with Gasteiger partial charge in [-0.15, -0.1) is 0 Å². The van der Waals surface area contributed by atoms with Gasteiger partial charge in [0.15, 0.2) is 0 Å². The standard InChI is InChI=1S/C23H25N3O/c1-16(2)22-21-12-7-13-25(21)20-11-5-4-9-18(20)15-26(22)23(27)24-19-10-6-8-17(3)14-19/h4-14,16,22H,15H2,1-3H3,(H,24,27). The number of benzene rings is 2. The van der Waals surface area contributed by atoms with Crippen molar-refractivity contribution in [3.8, 4) is 5.69 Å². The van der Waals surface area contributed by atoms with Gasteiger partial charge in [-0.05, 0) is 54.3 Å². The third-order valence-electron chi connectivity index (χ3n) is 5.17. The van der Waals surface area contributed by atoms with Gasteiger partial charge in [0, 0.05) is 17.6 Å². The maximum atomic E-state index is 13.3. The number of urea groups is 1. The van der Waals surface area contributed by atoms with E-state index in [0.717, 1.165) is 28.2 Å². The van der Waals surface area contributed by atoms with Crippen LogP contribution in [0.4, 0.5) is 10.5 Å². The van der Waals surface area contributed by atoms with Gasteiger partial charge in [-0.3, -0.25) is 0 Å². The van der Waals surface area contributed by atoms with Gasteiger partial charge in [0.1, 0.15) is 0 Å². The Labute approximate surface area is 160 Å². The maximum absolute atomic E-state index is 13.3. The first kappa shape index (κ1) is 17.4. The molecular formula is C23H25N3O. The summed E-state index contributed by atoms with van der Waals surface area (Å²) in [7, 11) is 0. The predicted molar refractivity (Wildman–Crippen MR) is 109 cm³/mol. The average molecular weight is 359 g/mol. The van der Waals surface area contributed by atoms with E-state index in [2.05, 4.69) is 60.3 Å². The number of aromatic nitrogens is 1. The van der Waals surface area contributed by atoms with Crippen molar-refractivity contribution < 1.29 is 4.79 Å². The SMILES string of the molecule is Cc1cccc(NC(=O)N2Cc3ccccc3-n3cccc3C2C(C)C)c1. The zero-order valence-electron chi connectivity index (χ0n) is 16.0. The second kappa shape index (κ2) is 6.95. The first-order chi connectivity index (χ1) is 13.0. The van der Waals surface area contributed by atoms with Crippen molar-refractivity contribution in [3.05, 3.63) is 83.7 Å². The number of fused-ring (bicyclic) bond motifs is 3. The van der Waals surface area contributed by atoms with Gasteiger partial charge in [-0.25, -0.2) is 4.79 Å². The van der Waals surface area contributed by atoms with Crippen molar-refractivity contribution in [2.24, 2.45) is 5.92 Å². The predicted octanol–water partition coefficient (Wildman–Crippen LogP) is 5.53. The van der Waals surface area contributed by atoms with Crippen LogP contribution in [0.15, 0.2) is 66.9 Å². The van der Waals surface area contributed by atoms with Crippen LogP contribution in [-0.4, -0.2) is 15.5 Å². The van der Waals surface area contributed by atoms with E-state index in [0.29, 0.717) is 6.54 Å². The van der Waals surface area contributed by atoms with Crippen molar-refractivity contribution in [3.63, 3.8) is 0 Å². The number of aryl methyl sites for hydroxylation is 1. The van der Waals surface area contributed by atoms with Crippen molar-refractivity contribution in [2.75, 3.05) is 5.32 Å². The summed E-state index contributed by atoms with van der Waals surface area (Å²) in [5, 5.41) is 3.10. The fourth-order valence-electron chi connectivity index (χ4n) is 3.99. The van der Waals surface area contributed by atoms with E-state index in [1.165, 1.54) is 0 Å². The molecule has 0 saturated heterocycles. The third kappa shape index (κ3) is 3.23. The molecule has 1 atom stereocenters. The number of nitrogens with one attached hydrogen (secondary N) is 1. The lowest BCUT2D eigenvalue weighted by Crippen LogP contribution is -2.39. The van der Waals surface area contributed by atoms with Crippen molar-refractivity contribution in [1.82, 2.24) is 9.47 Å². The largest absolute Gasteiger partial charge is 0.322 e. The fourth-order valence-corrected chi connectivity index (χ4v) is 3.99. The molecule has 1 N–H and O–H groups in total. The zero-order chi connectivity index (χ0) is 19.0. The Kier molecular flexibility index (Phi) is 4.48. The molecule has 1 aliphatic rings. The van der Waals surface area contributed by atoms with Crippen LogP contribution >= 0.6 is 0 Å². The molecule has 0 fully saturated rings. The topological polar surface area (TPSA) is 37.3 Å². The van der Waals surface area contributed by atoms with E-state index < -0.39 is 0 Å². The molecule has 138 valence electrons. The summed E-state index contributed by atoms with van der Waals surface area (Å²) in [6.07, 6.45) is 2.09. The molecule has 0 radical (unpaired) electrons. The van der Waals surface area contributed by atoms with Crippen LogP contribution in [0.25, 0.3) is 5.69 Å². The summed E-state index contributed by atoms with van der Waals surface area (Å²) in [4.78, 5) is 15.3. The van der Waals surface area contributed by atoms with Gasteiger partial charge in [-0.1, -0.05) is 44.2 Å². The van der Waals surface area contributed by atoms with Crippen LogP contribution in [0.1, 0.15) is 36.7 Å². The quantitative estimate of drug-likeness (QED) is 0.642. The monoisotopic (exact) mass is 359 g/mol. The van der Waals surface area contributed by atoms with Gasteiger partial charge in [-0.2, -0.15) is 0 Å². The van der Waals surface area contributed by atoms with Gasteiger partial charge in [0.25, 0.3) is 0 Å². The molecule has 2 aromatic carbocycles. The van der Waals surface area contributed by atoms with Gasteiger partial charge in [0.05, 0.1) is 18.3 Å². The molecule has 1 aliphatic heterocycles. The Morgan fingerprint density at radius 1 is 1.07 bits per heavy atom. The van der Waals surface area contributed by atoms with Crippen LogP contribution < -0.4 is 5.32 Å². The molecular weight excluding hydrogens is 334 g/mol. The Bertz CT molecular complexity index is 973. The van der Waals surface area contributed by atoms with Crippen molar-refractivity contribution in [2.45, 2.75) is 33.4 Å². The highest BCUT2D eigenvalue weighted by molar-refractivity contribution is 5.90. The Morgan fingerprint density at radius 3 is 2.67 bits per heavy atom. The normalized spacial score (nSPS) is 15.9. The minimum atomic E-state index is -0.0660. The van der Waals surface area contributed by atoms with E-state index in [9.17, 15) is 4.79 Å². The second-order valence-electron chi connectivity index (χ2n) is 7.55. The lowest BCUT2D eigenvalue weighted by molar-refractivity contribution is 0.162.